The monoisotopic (exact) mass is 300 g/mol. The van der Waals surface area contributed by atoms with E-state index in [4.69, 9.17) is 17.4 Å². The Morgan fingerprint density at radius 1 is 1.10 bits per heavy atom. The van der Waals surface area contributed by atoms with Crippen LogP contribution in [0.3, 0.4) is 0 Å². The molecule has 1 unspecified atom stereocenters. The third-order valence-corrected chi connectivity index (χ3v) is 3.44. The summed E-state index contributed by atoms with van der Waals surface area (Å²) in [6.45, 7) is 1.80. The molecule has 2 aromatic carbocycles. The van der Waals surface area contributed by atoms with Crippen molar-refractivity contribution < 1.29 is 13.2 Å². The first-order chi connectivity index (χ1) is 9.43. The number of aryl methyl sites for hydroxylation is 1. The van der Waals surface area contributed by atoms with E-state index in [-0.39, 0.29) is 5.56 Å². The number of nitrogens with two attached hydrogens (primary N) is 1. The third kappa shape index (κ3) is 2.80. The Balaban J connectivity index is 2.55. The highest BCUT2D eigenvalue weighted by atomic mass is 35.5. The van der Waals surface area contributed by atoms with E-state index in [0.29, 0.717) is 22.7 Å². The highest BCUT2D eigenvalue weighted by molar-refractivity contribution is 6.31. The lowest BCUT2D eigenvalue weighted by atomic mass is 9.97. The van der Waals surface area contributed by atoms with Crippen molar-refractivity contribution >= 4 is 11.6 Å². The molecule has 0 fully saturated rings. The Hall–Kier alpha value is -1.56. The van der Waals surface area contributed by atoms with E-state index in [1.807, 2.05) is 0 Å². The molecule has 0 heterocycles. The summed E-state index contributed by atoms with van der Waals surface area (Å²) in [6.07, 6.45) is 0. The summed E-state index contributed by atoms with van der Waals surface area (Å²) < 4.78 is 40.6. The van der Waals surface area contributed by atoms with Gasteiger partial charge in [-0.15, -0.1) is 0 Å². The maximum absolute atomic E-state index is 13.8. The first-order valence-corrected chi connectivity index (χ1v) is 6.18. The number of benzene rings is 2. The molecule has 20 heavy (non-hydrogen) atoms. The molecule has 0 aliphatic rings. The number of hydrogen-bond acceptors (Lipinski definition) is 2. The van der Waals surface area contributed by atoms with Crippen molar-refractivity contribution in [3.05, 3.63) is 69.5 Å². The van der Waals surface area contributed by atoms with Gasteiger partial charge in [0.15, 0.2) is 0 Å². The van der Waals surface area contributed by atoms with E-state index < -0.39 is 23.5 Å². The van der Waals surface area contributed by atoms with Crippen LogP contribution in [-0.2, 0) is 0 Å². The molecule has 0 aromatic heterocycles. The van der Waals surface area contributed by atoms with Crippen molar-refractivity contribution in [3.8, 4) is 0 Å². The van der Waals surface area contributed by atoms with Crippen molar-refractivity contribution in [1.82, 2.24) is 5.43 Å². The predicted octanol–water partition coefficient (Wildman–Crippen LogP) is 3.62. The van der Waals surface area contributed by atoms with Crippen molar-refractivity contribution in [2.75, 3.05) is 0 Å². The summed E-state index contributed by atoms with van der Waals surface area (Å²) in [4.78, 5) is 0. The number of hydrogen-bond donors (Lipinski definition) is 2. The molecule has 6 heteroatoms. The van der Waals surface area contributed by atoms with Gasteiger partial charge in [0.1, 0.15) is 17.5 Å². The summed E-state index contributed by atoms with van der Waals surface area (Å²) >= 11 is 5.99. The van der Waals surface area contributed by atoms with Crippen LogP contribution in [0.2, 0.25) is 5.02 Å². The van der Waals surface area contributed by atoms with Crippen LogP contribution in [0.5, 0.6) is 0 Å². The number of rotatable bonds is 3. The molecule has 0 amide bonds. The van der Waals surface area contributed by atoms with Gasteiger partial charge < -0.3 is 0 Å². The van der Waals surface area contributed by atoms with E-state index in [0.717, 1.165) is 5.56 Å². The largest absolute Gasteiger partial charge is 0.271 e. The minimum Gasteiger partial charge on any atom is -0.271 e. The Labute approximate surface area is 119 Å². The highest BCUT2D eigenvalue weighted by Crippen LogP contribution is 2.29. The Morgan fingerprint density at radius 2 is 1.70 bits per heavy atom. The smallest absolute Gasteiger partial charge is 0.134 e. The van der Waals surface area contributed by atoms with Gasteiger partial charge >= 0.3 is 0 Å². The van der Waals surface area contributed by atoms with Gasteiger partial charge in [0.05, 0.1) is 6.04 Å². The van der Waals surface area contributed by atoms with Crippen molar-refractivity contribution in [2.45, 2.75) is 13.0 Å². The molecule has 106 valence electrons. The average Bonchev–Trinajstić information content (AvgIpc) is 2.37. The molecular weight excluding hydrogens is 289 g/mol. The average molecular weight is 301 g/mol. The standard InChI is InChI=1S/C14H12ClF3N2/c1-7-2-3-8(4-10(7)15)14(20-19)13-11(17)5-9(16)6-12(13)18/h2-6,14,20H,19H2,1H3. The van der Waals surface area contributed by atoms with E-state index in [9.17, 15) is 13.2 Å². The molecule has 2 aromatic rings. The van der Waals surface area contributed by atoms with Gasteiger partial charge in [-0.2, -0.15) is 0 Å². The molecule has 3 N–H and O–H groups in total. The molecule has 0 saturated carbocycles. The SMILES string of the molecule is Cc1ccc(C(NN)c2c(F)cc(F)cc2F)cc1Cl. The first kappa shape index (κ1) is 14.8. The van der Waals surface area contributed by atoms with Crippen LogP contribution in [0.25, 0.3) is 0 Å². The second-order valence-electron chi connectivity index (χ2n) is 4.39. The van der Waals surface area contributed by atoms with Gasteiger partial charge in [-0.25, -0.2) is 18.6 Å². The predicted molar refractivity (Wildman–Crippen MR) is 71.7 cm³/mol. The van der Waals surface area contributed by atoms with E-state index in [1.54, 1.807) is 25.1 Å². The fourth-order valence-corrected chi connectivity index (χ4v) is 2.15. The van der Waals surface area contributed by atoms with Crippen LogP contribution in [0.15, 0.2) is 30.3 Å². The van der Waals surface area contributed by atoms with Gasteiger partial charge in [-0.3, -0.25) is 5.84 Å². The first-order valence-electron chi connectivity index (χ1n) is 5.80. The summed E-state index contributed by atoms with van der Waals surface area (Å²) in [5.41, 5.74) is 3.27. The normalized spacial score (nSPS) is 12.5. The van der Waals surface area contributed by atoms with Crippen LogP contribution in [-0.4, -0.2) is 0 Å². The molecule has 2 nitrogen and oxygen atoms in total. The van der Waals surface area contributed by atoms with Gasteiger partial charge in [-0.05, 0) is 24.1 Å². The van der Waals surface area contributed by atoms with Crippen LogP contribution in [0.4, 0.5) is 13.2 Å². The van der Waals surface area contributed by atoms with Gasteiger partial charge in [0.2, 0.25) is 0 Å². The lowest BCUT2D eigenvalue weighted by Gasteiger charge is -2.19. The van der Waals surface area contributed by atoms with Crippen LogP contribution >= 0.6 is 11.6 Å². The minimum atomic E-state index is -1.01. The zero-order valence-electron chi connectivity index (χ0n) is 10.6. The maximum atomic E-state index is 13.8. The summed E-state index contributed by atoms with van der Waals surface area (Å²) in [6, 6.07) is 5.17. The zero-order valence-corrected chi connectivity index (χ0v) is 11.3. The molecular formula is C14H12ClF3N2. The Morgan fingerprint density at radius 3 is 2.20 bits per heavy atom. The lowest BCUT2D eigenvalue weighted by Crippen LogP contribution is -2.30. The fraction of sp³-hybridized carbons (Fsp3) is 0.143. The van der Waals surface area contributed by atoms with Gasteiger partial charge in [0, 0.05) is 22.7 Å². The van der Waals surface area contributed by atoms with Crippen molar-refractivity contribution in [3.63, 3.8) is 0 Å². The minimum absolute atomic E-state index is 0.353. The van der Waals surface area contributed by atoms with Crippen molar-refractivity contribution in [1.29, 1.82) is 0 Å². The highest BCUT2D eigenvalue weighted by Gasteiger charge is 2.22. The topological polar surface area (TPSA) is 38.0 Å². The zero-order chi connectivity index (χ0) is 14.9. The molecule has 0 bridgehead atoms. The maximum Gasteiger partial charge on any atom is 0.134 e. The van der Waals surface area contributed by atoms with Crippen molar-refractivity contribution in [2.24, 2.45) is 5.84 Å². The van der Waals surface area contributed by atoms with E-state index in [1.165, 1.54) is 0 Å². The Bertz CT molecular complexity index is 623. The van der Waals surface area contributed by atoms with E-state index >= 15 is 0 Å². The van der Waals surface area contributed by atoms with Crippen LogP contribution in [0.1, 0.15) is 22.7 Å². The summed E-state index contributed by atoms with van der Waals surface area (Å²) in [7, 11) is 0. The van der Waals surface area contributed by atoms with Gasteiger partial charge in [-0.1, -0.05) is 23.7 Å². The van der Waals surface area contributed by atoms with Crippen LogP contribution < -0.4 is 11.3 Å². The molecule has 0 aliphatic carbocycles. The second kappa shape index (κ2) is 5.83. The second-order valence-corrected chi connectivity index (χ2v) is 4.80. The lowest BCUT2D eigenvalue weighted by molar-refractivity contribution is 0.492. The molecule has 0 aliphatic heterocycles. The quantitative estimate of drug-likeness (QED) is 0.671. The number of nitrogens with one attached hydrogen (secondary N) is 1. The van der Waals surface area contributed by atoms with Gasteiger partial charge in [0.25, 0.3) is 0 Å². The fourth-order valence-electron chi connectivity index (χ4n) is 1.96. The Kier molecular flexibility index (Phi) is 4.32. The summed E-state index contributed by atoms with van der Waals surface area (Å²) in [5, 5.41) is 0.450. The van der Waals surface area contributed by atoms with Crippen LogP contribution in [0, 0.1) is 24.4 Å². The molecule has 2 rings (SSSR count). The summed E-state index contributed by atoms with van der Waals surface area (Å²) in [5.74, 6) is 2.37. The number of halogens is 4. The molecule has 0 saturated heterocycles. The third-order valence-electron chi connectivity index (χ3n) is 3.03. The van der Waals surface area contributed by atoms with E-state index in [2.05, 4.69) is 5.43 Å². The molecule has 0 radical (unpaired) electrons. The molecule has 0 spiro atoms. The molecule has 1 atom stereocenters. The number of hydrazine groups is 1.